The summed E-state index contributed by atoms with van der Waals surface area (Å²) in [6.07, 6.45) is 3.47. The molecule has 1 heterocycles. The number of nitrogens with one attached hydrogen (secondary N) is 2. The summed E-state index contributed by atoms with van der Waals surface area (Å²) in [6, 6.07) is 4.57. The lowest BCUT2D eigenvalue weighted by atomic mass is 10.1. The molecule has 0 spiro atoms. The van der Waals surface area contributed by atoms with Gasteiger partial charge in [0.05, 0.1) is 28.5 Å². The smallest absolute Gasteiger partial charge is 0.242 e. The van der Waals surface area contributed by atoms with Crippen LogP contribution < -0.4 is 11.1 Å². The highest BCUT2D eigenvalue weighted by Crippen LogP contribution is 2.27. The van der Waals surface area contributed by atoms with E-state index in [0.717, 1.165) is 5.56 Å². The number of nitrogens with two attached hydrogens (primary N) is 1. The number of rotatable bonds is 5. The molecule has 0 fully saturated rings. The van der Waals surface area contributed by atoms with E-state index >= 15 is 0 Å². The van der Waals surface area contributed by atoms with Crippen molar-refractivity contribution >= 4 is 21.4 Å². The third-order valence-corrected chi connectivity index (χ3v) is 5.01. The number of aromatic amines is 1. The predicted octanol–water partition coefficient (Wildman–Crippen LogP) is 1.42. The standard InChI is InChI=1S/C13H19N5O2S/c1-9(10-7-15-16-8-10)17-13-6-11(4-5-12(13)14)21(19,20)18(2)3/h4-9,17H,14H2,1-3H3,(H,15,16). The number of nitrogen functional groups attached to an aromatic ring is 1. The van der Waals surface area contributed by atoms with E-state index in [4.69, 9.17) is 5.73 Å². The summed E-state index contributed by atoms with van der Waals surface area (Å²) in [7, 11) is -0.501. The summed E-state index contributed by atoms with van der Waals surface area (Å²) in [5.74, 6) is 0. The number of nitrogens with zero attached hydrogens (tertiary/aromatic N) is 2. The van der Waals surface area contributed by atoms with E-state index in [9.17, 15) is 8.42 Å². The molecule has 1 atom stereocenters. The van der Waals surface area contributed by atoms with E-state index in [1.165, 1.54) is 24.5 Å². The van der Waals surface area contributed by atoms with Crippen LogP contribution in [-0.2, 0) is 10.0 Å². The van der Waals surface area contributed by atoms with Gasteiger partial charge in [0, 0.05) is 25.9 Å². The lowest BCUT2D eigenvalue weighted by Crippen LogP contribution is -2.22. The van der Waals surface area contributed by atoms with E-state index in [0.29, 0.717) is 11.4 Å². The lowest BCUT2D eigenvalue weighted by molar-refractivity contribution is 0.521. The minimum atomic E-state index is -3.49. The highest BCUT2D eigenvalue weighted by molar-refractivity contribution is 7.89. The molecule has 4 N–H and O–H groups in total. The van der Waals surface area contributed by atoms with Gasteiger partial charge in [-0.2, -0.15) is 5.10 Å². The van der Waals surface area contributed by atoms with Crippen LogP contribution in [0.3, 0.4) is 0 Å². The van der Waals surface area contributed by atoms with E-state index in [-0.39, 0.29) is 10.9 Å². The Balaban J connectivity index is 2.32. The maximum Gasteiger partial charge on any atom is 0.242 e. The van der Waals surface area contributed by atoms with Crippen molar-refractivity contribution in [2.75, 3.05) is 25.1 Å². The minimum Gasteiger partial charge on any atom is -0.397 e. The molecule has 2 rings (SSSR count). The number of benzene rings is 1. The molecular formula is C13H19N5O2S. The molecule has 8 heteroatoms. The second-order valence-electron chi connectivity index (χ2n) is 4.93. The summed E-state index contributed by atoms with van der Waals surface area (Å²) in [5.41, 5.74) is 7.93. The third-order valence-electron chi connectivity index (χ3n) is 3.19. The molecule has 21 heavy (non-hydrogen) atoms. The first kappa shape index (κ1) is 15.3. The van der Waals surface area contributed by atoms with Crippen LogP contribution in [0.5, 0.6) is 0 Å². The van der Waals surface area contributed by atoms with E-state index in [1.54, 1.807) is 24.5 Å². The van der Waals surface area contributed by atoms with Crippen LogP contribution in [0.1, 0.15) is 18.5 Å². The van der Waals surface area contributed by atoms with Gasteiger partial charge in [-0.3, -0.25) is 5.10 Å². The number of sulfonamides is 1. The van der Waals surface area contributed by atoms with Crippen molar-refractivity contribution in [3.63, 3.8) is 0 Å². The number of hydrogen-bond donors (Lipinski definition) is 3. The van der Waals surface area contributed by atoms with E-state index in [1.807, 2.05) is 6.92 Å². The van der Waals surface area contributed by atoms with Crippen molar-refractivity contribution in [2.45, 2.75) is 17.9 Å². The normalized spacial score (nSPS) is 13.3. The van der Waals surface area contributed by atoms with Crippen molar-refractivity contribution in [3.8, 4) is 0 Å². The molecule has 114 valence electrons. The highest BCUT2D eigenvalue weighted by atomic mass is 32.2. The Labute approximate surface area is 124 Å². The predicted molar refractivity (Wildman–Crippen MR) is 82.4 cm³/mol. The van der Waals surface area contributed by atoms with Gasteiger partial charge in [0.25, 0.3) is 0 Å². The Kier molecular flexibility index (Phi) is 4.19. The number of aromatic nitrogens is 2. The fourth-order valence-corrected chi connectivity index (χ4v) is 2.77. The minimum absolute atomic E-state index is 0.0524. The van der Waals surface area contributed by atoms with Crippen LogP contribution in [0.2, 0.25) is 0 Å². The molecule has 7 nitrogen and oxygen atoms in total. The van der Waals surface area contributed by atoms with Gasteiger partial charge in [0.15, 0.2) is 0 Å². The first-order valence-corrected chi connectivity index (χ1v) is 7.83. The van der Waals surface area contributed by atoms with Crippen LogP contribution in [-0.4, -0.2) is 37.0 Å². The molecule has 0 saturated carbocycles. The maximum absolute atomic E-state index is 12.2. The zero-order chi connectivity index (χ0) is 15.6. The second-order valence-corrected chi connectivity index (χ2v) is 7.09. The molecule has 0 bridgehead atoms. The molecule has 0 saturated heterocycles. The first-order chi connectivity index (χ1) is 9.82. The average Bonchev–Trinajstić information content (AvgIpc) is 2.94. The summed E-state index contributed by atoms with van der Waals surface area (Å²) >= 11 is 0. The molecular weight excluding hydrogens is 290 g/mol. The fraction of sp³-hybridized carbons (Fsp3) is 0.308. The fourth-order valence-electron chi connectivity index (χ4n) is 1.85. The van der Waals surface area contributed by atoms with Crippen molar-refractivity contribution in [2.24, 2.45) is 0 Å². The Morgan fingerprint density at radius 3 is 2.67 bits per heavy atom. The lowest BCUT2D eigenvalue weighted by Gasteiger charge is -2.18. The summed E-state index contributed by atoms with van der Waals surface area (Å²) in [4.78, 5) is 0.198. The molecule has 0 aliphatic heterocycles. The van der Waals surface area contributed by atoms with Gasteiger partial charge in [-0.15, -0.1) is 0 Å². The summed E-state index contributed by atoms with van der Waals surface area (Å²) < 4.78 is 25.5. The quantitative estimate of drug-likeness (QED) is 0.725. The van der Waals surface area contributed by atoms with Gasteiger partial charge in [0.1, 0.15) is 0 Å². The second kappa shape index (κ2) is 5.74. The van der Waals surface area contributed by atoms with Gasteiger partial charge >= 0.3 is 0 Å². The van der Waals surface area contributed by atoms with Gasteiger partial charge < -0.3 is 11.1 Å². The topological polar surface area (TPSA) is 104 Å². The summed E-state index contributed by atoms with van der Waals surface area (Å²) in [5, 5.41) is 9.82. The van der Waals surface area contributed by atoms with Gasteiger partial charge in [-0.1, -0.05) is 0 Å². The Hall–Kier alpha value is -2.06. The number of H-pyrrole nitrogens is 1. The van der Waals surface area contributed by atoms with Crippen LogP contribution in [0.4, 0.5) is 11.4 Å². The van der Waals surface area contributed by atoms with Gasteiger partial charge in [-0.25, -0.2) is 12.7 Å². The van der Waals surface area contributed by atoms with Crippen LogP contribution in [0.25, 0.3) is 0 Å². The monoisotopic (exact) mass is 309 g/mol. The molecule has 1 unspecified atom stereocenters. The molecule has 1 aromatic heterocycles. The molecule has 0 aliphatic rings. The zero-order valence-electron chi connectivity index (χ0n) is 12.2. The van der Waals surface area contributed by atoms with Crippen LogP contribution >= 0.6 is 0 Å². The molecule has 2 aromatic rings. The Bertz CT molecular complexity index is 710. The first-order valence-electron chi connectivity index (χ1n) is 6.39. The third kappa shape index (κ3) is 3.17. The van der Waals surface area contributed by atoms with E-state index in [2.05, 4.69) is 15.5 Å². The summed E-state index contributed by atoms with van der Waals surface area (Å²) in [6.45, 7) is 1.94. The van der Waals surface area contributed by atoms with Crippen molar-refractivity contribution in [3.05, 3.63) is 36.2 Å². The average molecular weight is 309 g/mol. The van der Waals surface area contributed by atoms with Crippen molar-refractivity contribution < 1.29 is 8.42 Å². The van der Waals surface area contributed by atoms with Gasteiger partial charge in [-0.05, 0) is 25.1 Å². The Morgan fingerprint density at radius 2 is 2.10 bits per heavy atom. The zero-order valence-corrected chi connectivity index (χ0v) is 13.0. The van der Waals surface area contributed by atoms with Crippen molar-refractivity contribution in [1.29, 1.82) is 0 Å². The Morgan fingerprint density at radius 1 is 1.38 bits per heavy atom. The van der Waals surface area contributed by atoms with Crippen molar-refractivity contribution in [1.82, 2.24) is 14.5 Å². The number of anilines is 2. The number of hydrogen-bond acceptors (Lipinski definition) is 5. The largest absolute Gasteiger partial charge is 0.397 e. The maximum atomic E-state index is 12.2. The molecule has 0 amide bonds. The SMILES string of the molecule is CC(Nc1cc(S(=O)(=O)N(C)C)ccc1N)c1cn[nH]c1. The van der Waals surface area contributed by atoms with Gasteiger partial charge in [0.2, 0.25) is 10.0 Å². The highest BCUT2D eigenvalue weighted by Gasteiger charge is 2.19. The molecule has 0 aliphatic carbocycles. The van der Waals surface area contributed by atoms with Crippen LogP contribution in [0, 0.1) is 0 Å². The molecule has 1 aromatic carbocycles. The molecule has 0 radical (unpaired) electrons. The van der Waals surface area contributed by atoms with Crippen LogP contribution in [0.15, 0.2) is 35.5 Å². The van der Waals surface area contributed by atoms with E-state index < -0.39 is 10.0 Å².